The molecule has 0 aliphatic carbocycles. The second-order valence-corrected chi connectivity index (χ2v) is 4.95. The molecule has 1 aromatic rings. The zero-order chi connectivity index (χ0) is 10.7. The lowest BCUT2D eigenvalue weighted by atomic mass is 10.1. The zero-order valence-electron chi connectivity index (χ0n) is 9.03. The van der Waals surface area contributed by atoms with E-state index in [4.69, 9.17) is 10.5 Å². The Labute approximate surface area is 94.6 Å². The number of thiophene rings is 1. The van der Waals surface area contributed by atoms with Crippen molar-refractivity contribution in [3.05, 3.63) is 21.9 Å². The van der Waals surface area contributed by atoms with Gasteiger partial charge in [-0.25, -0.2) is 0 Å². The summed E-state index contributed by atoms with van der Waals surface area (Å²) in [6.07, 6.45) is 1.18. The van der Waals surface area contributed by atoms with E-state index >= 15 is 0 Å². The lowest BCUT2D eigenvalue weighted by Crippen LogP contribution is -2.40. The van der Waals surface area contributed by atoms with Crippen molar-refractivity contribution < 1.29 is 4.74 Å². The molecule has 1 aromatic heterocycles. The minimum atomic E-state index is 0.120. The summed E-state index contributed by atoms with van der Waals surface area (Å²) in [5.41, 5.74) is 7.48. The normalized spacial score (nSPS) is 24.0. The van der Waals surface area contributed by atoms with Gasteiger partial charge in [-0.15, -0.1) is 11.3 Å². The maximum atomic E-state index is 6.17. The summed E-state index contributed by atoms with van der Waals surface area (Å²) in [5.74, 6) is 0. The fraction of sp³-hybridized carbons (Fsp3) is 0.636. The summed E-state index contributed by atoms with van der Waals surface area (Å²) in [6, 6.07) is 2.25. The highest BCUT2D eigenvalue weighted by Gasteiger charge is 2.19. The molecular formula is C11H18N2OS. The van der Waals surface area contributed by atoms with Crippen LogP contribution in [0.25, 0.3) is 0 Å². The van der Waals surface area contributed by atoms with Crippen LogP contribution in [0.1, 0.15) is 22.9 Å². The van der Waals surface area contributed by atoms with Crippen LogP contribution >= 0.6 is 11.3 Å². The number of rotatable bonds is 3. The zero-order valence-corrected chi connectivity index (χ0v) is 9.85. The van der Waals surface area contributed by atoms with Crippen LogP contribution in [0, 0.1) is 6.92 Å². The largest absolute Gasteiger partial charge is 0.376 e. The fourth-order valence-electron chi connectivity index (χ4n) is 1.93. The number of ether oxygens (including phenoxy) is 1. The van der Waals surface area contributed by atoms with Gasteiger partial charge in [-0.05, 0) is 30.4 Å². The number of nitrogens with one attached hydrogen (secondary N) is 1. The first-order valence-electron chi connectivity index (χ1n) is 5.39. The Bertz CT molecular complexity index is 307. The Kier molecular flexibility index (Phi) is 3.75. The minimum absolute atomic E-state index is 0.120. The number of hydrogen-bond donors (Lipinski definition) is 2. The van der Waals surface area contributed by atoms with Crippen molar-refractivity contribution >= 4 is 11.3 Å². The summed E-state index contributed by atoms with van der Waals surface area (Å²) in [7, 11) is 0. The van der Waals surface area contributed by atoms with Crippen LogP contribution in [0.2, 0.25) is 0 Å². The van der Waals surface area contributed by atoms with Gasteiger partial charge in [-0.3, -0.25) is 0 Å². The first-order valence-corrected chi connectivity index (χ1v) is 6.27. The molecule has 2 atom stereocenters. The van der Waals surface area contributed by atoms with Crippen molar-refractivity contribution in [2.24, 2.45) is 5.73 Å². The maximum absolute atomic E-state index is 6.17. The van der Waals surface area contributed by atoms with Crippen molar-refractivity contribution in [1.82, 2.24) is 5.32 Å². The highest BCUT2D eigenvalue weighted by molar-refractivity contribution is 7.10. The van der Waals surface area contributed by atoms with Gasteiger partial charge in [0.05, 0.1) is 12.7 Å². The standard InChI is InChI=1S/C11H18N2OS/c1-8-2-5-15-11(8)10(12)6-9-7-13-3-4-14-9/h2,5,9-10,13H,3-4,6-7,12H2,1H3. The van der Waals surface area contributed by atoms with Crippen molar-refractivity contribution in [2.45, 2.75) is 25.5 Å². The first-order chi connectivity index (χ1) is 7.27. The van der Waals surface area contributed by atoms with E-state index in [1.165, 1.54) is 10.4 Å². The molecule has 0 spiro atoms. The molecule has 2 unspecified atom stereocenters. The van der Waals surface area contributed by atoms with Crippen LogP contribution in [0.4, 0.5) is 0 Å². The van der Waals surface area contributed by atoms with Crippen LogP contribution in [0.3, 0.4) is 0 Å². The quantitative estimate of drug-likeness (QED) is 0.820. The van der Waals surface area contributed by atoms with Gasteiger partial charge in [0.25, 0.3) is 0 Å². The van der Waals surface area contributed by atoms with E-state index in [9.17, 15) is 0 Å². The molecule has 3 nitrogen and oxygen atoms in total. The molecule has 1 fully saturated rings. The van der Waals surface area contributed by atoms with E-state index in [1.807, 2.05) is 0 Å². The highest BCUT2D eigenvalue weighted by Crippen LogP contribution is 2.26. The van der Waals surface area contributed by atoms with Gasteiger partial charge in [0.15, 0.2) is 0 Å². The van der Waals surface area contributed by atoms with Gasteiger partial charge in [-0.1, -0.05) is 0 Å². The van der Waals surface area contributed by atoms with E-state index in [0.717, 1.165) is 26.1 Å². The van der Waals surface area contributed by atoms with Gasteiger partial charge >= 0.3 is 0 Å². The molecule has 3 N–H and O–H groups in total. The molecule has 15 heavy (non-hydrogen) atoms. The number of nitrogens with two attached hydrogens (primary N) is 1. The third kappa shape index (κ3) is 2.78. The molecule has 0 amide bonds. The van der Waals surface area contributed by atoms with Gasteiger partial charge in [0.1, 0.15) is 0 Å². The minimum Gasteiger partial charge on any atom is -0.376 e. The van der Waals surface area contributed by atoms with E-state index in [1.54, 1.807) is 11.3 Å². The summed E-state index contributed by atoms with van der Waals surface area (Å²) in [5, 5.41) is 5.42. The Morgan fingerprint density at radius 3 is 3.20 bits per heavy atom. The molecular weight excluding hydrogens is 208 g/mol. The summed E-state index contributed by atoms with van der Waals surface area (Å²) < 4.78 is 5.65. The average molecular weight is 226 g/mol. The van der Waals surface area contributed by atoms with E-state index in [2.05, 4.69) is 23.7 Å². The maximum Gasteiger partial charge on any atom is 0.0718 e. The second kappa shape index (κ2) is 5.07. The molecule has 1 saturated heterocycles. The SMILES string of the molecule is Cc1ccsc1C(N)CC1CNCCO1. The summed E-state index contributed by atoms with van der Waals surface area (Å²) in [4.78, 5) is 1.30. The van der Waals surface area contributed by atoms with Crippen LogP contribution in [-0.4, -0.2) is 25.8 Å². The third-order valence-electron chi connectivity index (χ3n) is 2.76. The van der Waals surface area contributed by atoms with Gasteiger partial charge in [0, 0.05) is 24.0 Å². The number of hydrogen-bond acceptors (Lipinski definition) is 4. The van der Waals surface area contributed by atoms with Crippen LogP contribution in [0.5, 0.6) is 0 Å². The molecule has 2 rings (SSSR count). The van der Waals surface area contributed by atoms with E-state index < -0.39 is 0 Å². The Morgan fingerprint density at radius 1 is 1.73 bits per heavy atom. The van der Waals surface area contributed by atoms with Crippen molar-refractivity contribution in [3.63, 3.8) is 0 Å². The van der Waals surface area contributed by atoms with Gasteiger partial charge in [-0.2, -0.15) is 0 Å². The monoisotopic (exact) mass is 226 g/mol. The fourth-order valence-corrected chi connectivity index (χ4v) is 2.87. The predicted molar refractivity (Wildman–Crippen MR) is 63.2 cm³/mol. The summed E-state index contributed by atoms with van der Waals surface area (Å²) in [6.45, 7) is 4.81. The van der Waals surface area contributed by atoms with Gasteiger partial charge in [0.2, 0.25) is 0 Å². The topological polar surface area (TPSA) is 47.3 Å². The predicted octanol–water partition coefficient (Wildman–Crippen LogP) is 1.43. The molecule has 0 bridgehead atoms. The average Bonchev–Trinajstić information content (AvgIpc) is 2.66. The van der Waals surface area contributed by atoms with Crippen LogP contribution < -0.4 is 11.1 Å². The lowest BCUT2D eigenvalue weighted by molar-refractivity contribution is 0.0197. The van der Waals surface area contributed by atoms with Crippen molar-refractivity contribution in [3.8, 4) is 0 Å². The first kappa shape index (κ1) is 11.1. The molecule has 2 heterocycles. The lowest BCUT2D eigenvalue weighted by Gasteiger charge is -2.25. The van der Waals surface area contributed by atoms with Crippen molar-refractivity contribution in [1.29, 1.82) is 0 Å². The Balaban J connectivity index is 1.91. The summed E-state index contributed by atoms with van der Waals surface area (Å²) >= 11 is 1.75. The van der Waals surface area contributed by atoms with E-state index in [0.29, 0.717) is 0 Å². The number of aryl methyl sites for hydroxylation is 1. The molecule has 0 saturated carbocycles. The van der Waals surface area contributed by atoms with Crippen molar-refractivity contribution in [2.75, 3.05) is 19.7 Å². The third-order valence-corrected chi connectivity index (χ3v) is 3.91. The molecule has 1 aliphatic heterocycles. The molecule has 1 aliphatic rings. The molecule has 0 aromatic carbocycles. The second-order valence-electron chi connectivity index (χ2n) is 4.01. The van der Waals surface area contributed by atoms with Crippen LogP contribution in [0.15, 0.2) is 11.4 Å². The molecule has 0 radical (unpaired) electrons. The molecule has 4 heteroatoms. The van der Waals surface area contributed by atoms with Crippen LogP contribution in [-0.2, 0) is 4.74 Å². The van der Waals surface area contributed by atoms with E-state index in [-0.39, 0.29) is 12.1 Å². The Hall–Kier alpha value is -0.420. The van der Waals surface area contributed by atoms with Gasteiger partial charge < -0.3 is 15.8 Å². The molecule has 84 valence electrons. The number of morpholine rings is 1. The highest BCUT2D eigenvalue weighted by atomic mass is 32.1. The Morgan fingerprint density at radius 2 is 2.60 bits per heavy atom. The smallest absolute Gasteiger partial charge is 0.0718 e.